The van der Waals surface area contributed by atoms with Crippen LogP contribution in [0.3, 0.4) is 0 Å². The van der Waals surface area contributed by atoms with Crippen LogP contribution in [0.5, 0.6) is 0 Å². The highest BCUT2D eigenvalue weighted by Gasteiger charge is 2.12. The van der Waals surface area contributed by atoms with Gasteiger partial charge in [0.1, 0.15) is 11.5 Å². The highest BCUT2D eigenvalue weighted by molar-refractivity contribution is 6.03. The van der Waals surface area contributed by atoms with Crippen molar-refractivity contribution in [1.29, 1.82) is 0 Å². The second-order valence-electron chi connectivity index (χ2n) is 5.87. The predicted octanol–water partition coefficient (Wildman–Crippen LogP) is 2.47. The third kappa shape index (κ3) is 4.47. The van der Waals surface area contributed by atoms with Crippen LogP contribution in [0.1, 0.15) is 26.4 Å². The van der Waals surface area contributed by atoms with Crippen molar-refractivity contribution in [2.75, 3.05) is 12.4 Å². The van der Waals surface area contributed by atoms with E-state index in [1.54, 1.807) is 18.2 Å². The van der Waals surface area contributed by atoms with E-state index in [1.807, 2.05) is 0 Å². The van der Waals surface area contributed by atoms with Gasteiger partial charge in [-0.25, -0.2) is 13.9 Å². The van der Waals surface area contributed by atoms with Gasteiger partial charge in [-0.3, -0.25) is 9.59 Å². The fourth-order valence-corrected chi connectivity index (χ4v) is 2.49. The van der Waals surface area contributed by atoms with E-state index in [-0.39, 0.29) is 12.2 Å². The molecule has 1 aromatic heterocycles. The number of aromatic nitrogens is 2. The lowest BCUT2D eigenvalue weighted by atomic mass is 10.2. The molecule has 0 saturated carbocycles. The molecule has 0 saturated heterocycles. The fraction of sp³-hybridized carbons (Fsp3) is 0.100. The Bertz CT molecular complexity index is 1080. The third-order valence-electron chi connectivity index (χ3n) is 3.88. The normalized spacial score (nSPS) is 10.4. The molecule has 0 radical (unpaired) electrons. The number of rotatable bonds is 5. The summed E-state index contributed by atoms with van der Waals surface area (Å²) in [5.41, 5.74) is 0.950. The number of esters is 1. The summed E-state index contributed by atoms with van der Waals surface area (Å²) in [5.74, 6) is -1.43. The molecule has 2 aromatic carbocycles. The van der Waals surface area contributed by atoms with Crippen molar-refractivity contribution in [3.05, 3.63) is 93.7 Å². The monoisotopic (exact) mass is 381 g/mol. The molecule has 7 nitrogen and oxygen atoms in total. The highest BCUT2D eigenvalue weighted by atomic mass is 19.1. The summed E-state index contributed by atoms with van der Waals surface area (Å²) in [6, 6.07) is 14.4. The molecule has 0 spiro atoms. The molecule has 28 heavy (non-hydrogen) atoms. The van der Waals surface area contributed by atoms with Crippen molar-refractivity contribution in [3.63, 3.8) is 0 Å². The number of ether oxygens (including phenoxy) is 1. The predicted molar refractivity (Wildman–Crippen MR) is 99.7 cm³/mol. The number of nitrogens with zero attached hydrogens (tertiary/aromatic N) is 2. The number of benzene rings is 2. The van der Waals surface area contributed by atoms with E-state index >= 15 is 0 Å². The zero-order chi connectivity index (χ0) is 20.1. The number of hydrogen-bond acceptors (Lipinski definition) is 5. The highest BCUT2D eigenvalue weighted by Crippen LogP contribution is 2.11. The number of hydrogen-bond donors (Lipinski definition) is 1. The molecule has 1 heterocycles. The standard InChI is InChI=1S/C20H16FN3O4/c1-28-20(27)14-5-7-16(8-6-14)22-19(26)17-9-10-18(25)24(23-17)12-13-3-2-4-15(21)11-13/h2-11H,12H2,1H3,(H,22,26). The minimum atomic E-state index is -0.529. The maximum atomic E-state index is 13.3. The number of anilines is 1. The second-order valence-corrected chi connectivity index (χ2v) is 5.87. The van der Waals surface area contributed by atoms with Gasteiger partial charge in [0.05, 0.1) is 19.2 Å². The quantitative estimate of drug-likeness (QED) is 0.686. The Labute approximate surface area is 159 Å². The van der Waals surface area contributed by atoms with Crippen molar-refractivity contribution < 1.29 is 18.7 Å². The van der Waals surface area contributed by atoms with Crippen LogP contribution in [-0.2, 0) is 11.3 Å². The summed E-state index contributed by atoms with van der Waals surface area (Å²) in [6.45, 7) is 0.0333. The smallest absolute Gasteiger partial charge is 0.337 e. The molecule has 1 N–H and O–H groups in total. The Morgan fingerprint density at radius 3 is 2.54 bits per heavy atom. The van der Waals surface area contributed by atoms with Gasteiger partial charge in [-0.05, 0) is 48.0 Å². The van der Waals surface area contributed by atoms with E-state index in [1.165, 1.54) is 49.6 Å². The largest absolute Gasteiger partial charge is 0.465 e. The maximum Gasteiger partial charge on any atom is 0.337 e. The zero-order valence-corrected chi connectivity index (χ0v) is 14.9. The summed E-state index contributed by atoms with van der Waals surface area (Å²) in [6.07, 6.45) is 0. The van der Waals surface area contributed by atoms with Crippen LogP contribution in [-0.4, -0.2) is 28.8 Å². The first-order valence-electron chi connectivity index (χ1n) is 8.28. The van der Waals surface area contributed by atoms with E-state index in [0.717, 1.165) is 4.68 Å². The molecule has 0 aliphatic carbocycles. The topological polar surface area (TPSA) is 90.3 Å². The molecule has 8 heteroatoms. The SMILES string of the molecule is COC(=O)c1ccc(NC(=O)c2ccc(=O)n(Cc3cccc(F)c3)n2)cc1. The zero-order valence-electron chi connectivity index (χ0n) is 14.9. The van der Waals surface area contributed by atoms with Crippen molar-refractivity contribution in [2.24, 2.45) is 0 Å². The van der Waals surface area contributed by atoms with E-state index in [9.17, 15) is 18.8 Å². The number of amides is 1. The first-order valence-corrected chi connectivity index (χ1v) is 8.28. The number of carbonyl (C=O) groups is 2. The minimum absolute atomic E-state index is 0.0213. The average molecular weight is 381 g/mol. The van der Waals surface area contributed by atoms with Gasteiger partial charge in [0, 0.05) is 11.8 Å². The fourth-order valence-electron chi connectivity index (χ4n) is 2.49. The number of methoxy groups -OCH3 is 1. The molecule has 0 atom stereocenters. The van der Waals surface area contributed by atoms with E-state index in [4.69, 9.17) is 0 Å². The molecule has 1 amide bonds. The molecular weight excluding hydrogens is 365 g/mol. The van der Waals surface area contributed by atoms with Crippen LogP contribution in [0.2, 0.25) is 0 Å². The molecular formula is C20H16FN3O4. The Balaban J connectivity index is 1.77. The van der Waals surface area contributed by atoms with Crippen LogP contribution in [0.25, 0.3) is 0 Å². The van der Waals surface area contributed by atoms with Crippen LogP contribution in [0, 0.1) is 5.82 Å². The average Bonchev–Trinajstić information content (AvgIpc) is 2.69. The molecule has 3 aromatic rings. The summed E-state index contributed by atoms with van der Waals surface area (Å²) in [5, 5.41) is 6.68. The number of halogens is 1. The molecule has 3 rings (SSSR count). The van der Waals surface area contributed by atoms with Gasteiger partial charge in [0.25, 0.3) is 11.5 Å². The van der Waals surface area contributed by atoms with Gasteiger partial charge in [-0.15, -0.1) is 0 Å². The molecule has 0 aliphatic rings. The van der Waals surface area contributed by atoms with Gasteiger partial charge in [0.15, 0.2) is 0 Å². The van der Waals surface area contributed by atoms with Gasteiger partial charge < -0.3 is 10.1 Å². The van der Waals surface area contributed by atoms with Gasteiger partial charge in [-0.2, -0.15) is 5.10 Å². The molecule has 0 unspecified atom stereocenters. The Hall–Kier alpha value is -3.81. The Morgan fingerprint density at radius 1 is 1.11 bits per heavy atom. The van der Waals surface area contributed by atoms with Gasteiger partial charge in [-0.1, -0.05) is 12.1 Å². The van der Waals surface area contributed by atoms with Gasteiger partial charge >= 0.3 is 5.97 Å². The first-order chi connectivity index (χ1) is 13.5. The summed E-state index contributed by atoms with van der Waals surface area (Å²) >= 11 is 0. The Morgan fingerprint density at radius 2 is 1.86 bits per heavy atom. The number of nitrogens with one attached hydrogen (secondary N) is 1. The Kier molecular flexibility index (Phi) is 5.59. The lowest BCUT2D eigenvalue weighted by Gasteiger charge is -2.08. The first kappa shape index (κ1) is 19.0. The van der Waals surface area contributed by atoms with Gasteiger partial charge in [0.2, 0.25) is 0 Å². The van der Waals surface area contributed by atoms with E-state index in [2.05, 4.69) is 15.2 Å². The lowest BCUT2D eigenvalue weighted by molar-refractivity contribution is 0.0600. The summed E-state index contributed by atoms with van der Waals surface area (Å²) in [7, 11) is 1.28. The lowest BCUT2D eigenvalue weighted by Crippen LogP contribution is -2.26. The van der Waals surface area contributed by atoms with Crippen molar-refractivity contribution in [2.45, 2.75) is 6.54 Å². The summed E-state index contributed by atoms with van der Waals surface area (Å²) in [4.78, 5) is 35.9. The molecule has 142 valence electrons. The van der Waals surface area contributed by atoms with Crippen LogP contribution in [0.4, 0.5) is 10.1 Å². The minimum Gasteiger partial charge on any atom is -0.465 e. The molecule has 0 fully saturated rings. The van der Waals surface area contributed by atoms with Crippen LogP contribution in [0.15, 0.2) is 65.5 Å². The van der Waals surface area contributed by atoms with Crippen molar-refractivity contribution in [3.8, 4) is 0 Å². The third-order valence-corrected chi connectivity index (χ3v) is 3.88. The molecule has 0 bridgehead atoms. The van der Waals surface area contributed by atoms with Crippen molar-refractivity contribution >= 4 is 17.6 Å². The maximum absolute atomic E-state index is 13.3. The van der Waals surface area contributed by atoms with Crippen LogP contribution >= 0.6 is 0 Å². The van der Waals surface area contributed by atoms with Crippen molar-refractivity contribution in [1.82, 2.24) is 9.78 Å². The second kappa shape index (κ2) is 8.26. The van der Waals surface area contributed by atoms with E-state index < -0.39 is 23.3 Å². The summed E-state index contributed by atoms with van der Waals surface area (Å²) < 4.78 is 19.0. The van der Waals surface area contributed by atoms with Crippen LogP contribution < -0.4 is 10.9 Å². The molecule has 0 aliphatic heterocycles. The van der Waals surface area contributed by atoms with E-state index in [0.29, 0.717) is 16.8 Å². The number of carbonyl (C=O) groups excluding carboxylic acids is 2.